The molecule has 0 saturated heterocycles. The van der Waals surface area contributed by atoms with Gasteiger partial charge in [-0.05, 0) is 0 Å². The Morgan fingerprint density at radius 3 is 0.826 bits per heavy atom. The van der Waals surface area contributed by atoms with Crippen LogP contribution in [0.15, 0.2) is 0 Å². The molecule has 0 aromatic carbocycles. The molecule has 0 radical (unpaired) electrons. The highest BCUT2D eigenvalue weighted by atomic mass is 79.9. The van der Waals surface area contributed by atoms with E-state index in [1.54, 1.807) is 0 Å². The molecule has 13 heteroatoms. The van der Waals surface area contributed by atoms with Gasteiger partial charge in [0.15, 0.2) is 0 Å². The fourth-order valence-electron chi connectivity index (χ4n) is 1.50. The number of aliphatic hydroxyl groups is 6. The quantitative estimate of drug-likeness (QED) is 0.187. The summed E-state index contributed by atoms with van der Waals surface area (Å²) in [6.07, 6.45) is 0. The number of halogens is 6. The summed E-state index contributed by atoms with van der Waals surface area (Å²) in [7, 11) is 0. The third-order valence-corrected chi connectivity index (χ3v) is 8.48. The van der Waals surface area contributed by atoms with Crippen molar-refractivity contribution in [2.24, 2.45) is 10.8 Å². The van der Waals surface area contributed by atoms with E-state index in [1.807, 2.05) is 0 Å². The molecular formula is C10H16Br6O7. The van der Waals surface area contributed by atoms with E-state index in [4.69, 9.17) is 4.74 Å². The molecule has 0 bridgehead atoms. The molecular weight excluding hydrogens is 712 g/mol. The Morgan fingerprint density at radius 2 is 0.696 bits per heavy atom. The molecule has 140 valence electrons. The Kier molecular flexibility index (Phi) is 12.0. The van der Waals surface area contributed by atoms with E-state index in [9.17, 15) is 30.6 Å². The predicted octanol–water partition coefficient (Wildman–Crippen LogP) is 1.26. The predicted molar refractivity (Wildman–Crippen MR) is 105 cm³/mol. The van der Waals surface area contributed by atoms with Crippen LogP contribution >= 0.6 is 95.6 Å². The van der Waals surface area contributed by atoms with Crippen LogP contribution in [0, 0.1) is 10.8 Å². The van der Waals surface area contributed by atoms with Crippen LogP contribution in [-0.4, -0.2) is 73.9 Å². The number of hydrogen-bond acceptors (Lipinski definition) is 7. The van der Waals surface area contributed by atoms with Crippen LogP contribution in [0.4, 0.5) is 0 Å². The maximum Gasteiger partial charge on any atom is 0.123 e. The third-order valence-electron chi connectivity index (χ3n) is 3.37. The number of aliphatic hydroxyl groups excluding tert-OH is 6. The number of ether oxygens (including phenoxy) is 1. The van der Waals surface area contributed by atoms with Gasteiger partial charge in [-0.1, -0.05) is 95.6 Å². The molecule has 0 fully saturated rings. The molecule has 0 aliphatic heterocycles. The van der Waals surface area contributed by atoms with Crippen molar-refractivity contribution in [1.29, 1.82) is 0 Å². The maximum absolute atomic E-state index is 9.84. The fraction of sp³-hybridized carbons (Fsp3) is 1.00. The van der Waals surface area contributed by atoms with Gasteiger partial charge >= 0.3 is 0 Å². The summed E-state index contributed by atoms with van der Waals surface area (Å²) in [5.74, 6) is 0. The molecule has 0 heterocycles. The van der Waals surface area contributed by atoms with Gasteiger partial charge in [0.05, 0.1) is 13.2 Å². The van der Waals surface area contributed by atoms with E-state index >= 15 is 0 Å². The SMILES string of the molecule is OC(Br)C(COCC(C(O)Br)(C(O)Br)C(O)Br)(C(O)Br)C(O)Br. The van der Waals surface area contributed by atoms with Gasteiger partial charge in [-0.25, -0.2) is 0 Å². The van der Waals surface area contributed by atoms with Crippen LogP contribution in [0.3, 0.4) is 0 Å². The van der Waals surface area contributed by atoms with Gasteiger partial charge in [0, 0.05) is 0 Å². The summed E-state index contributed by atoms with van der Waals surface area (Å²) < 4.78 is 5.39. The van der Waals surface area contributed by atoms with Crippen molar-refractivity contribution in [3.05, 3.63) is 0 Å². The molecule has 0 aromatic heterocycles. The summed E-state index contributed by atoms with van der Waals surface area (Å²) in [6, 6.07) is 0. The molecule has 23 heavy (non-hydrogen) atoms. The van der Waals surface area contributed by atoms with Gasteiger partial charge < -0.3 is 35.4 Å². The first kappa shape index (κ1) is 25.6. The topological polar surface area (TPSA) is 131 Å². The highest BCUT2D eigenvalue weighted by molar-refractivity contribution is 9.11. The first-order valence-electron chi connectivity index (χ1n) is 5.88. The van der Waals surface area contributed by atoms with E-state index in [0.29, 0.717) is 0 Å². The smallest absolute Gasteiger partial charge is 0.123 e. The van der Waals surface area contributed by atoms with Gasteiger partial charge in [-0.2, -0.15) is 0 Å². The lowest BCUT2D eigenvalue weighted by atomic mass is 9.90. The fourth-order valence-corrected chi connectivity index (χ4v) is 7.42. The van der Waals surface area contributed by atoms with E-state index in [0.717, 1.165) is 0 Å². The van der Waals surface area contributed by atoms with Crippen molar-refractivity contribution in [2.45, 2.75) is 30.1 Å². The Balaban J connectivity index is 5.33. The van der Waals surface area contributed by atoms with Crippen molar-refractivity contribution in [1.82, 2.24) is 0 Å². The monoisotopic (exact) mass is 722 g/mol. The summed E-state index contributed by atoms with van der Waals surface area (Å²) in [5, 5.41) is 50.8. The average Bonchev–Trinajstić information content (AvgIpc) is 2.35. The maximum atomic E-state index is 9.84. The minimum Gasteiger partial charge on any atom is -0.381 e. The summed E-state index contributed by atoms with van der Waals surface area (Å²) >= 11 is 17.3. The second kappa shape index (κ2) is 10.8. The summed E-state index contributed by atoms with van der Waals surface area (Å²) in [5.41, 5.74) is -3.23. The molecule has 0 spiro atoms. The highest BCUT2D eigenvalue weighted by Gasteiger charge is 2.52. The lowest BCUT2D eigenvalue weighted by Crippen LogP contribution is -2.54. The van der Waals surface area contributed by atoms with Crippen molar-refractivity contribution in [3.63, 3.8) is 0 Å². The van der Waals surface area contributed by atoms with Crippen molar-refractivity contribution >= 4 is 95.6 Å². The first-order chi connectivity index (χ1) is 10.4. The largest absolute Gasteiger partial charge is 0.381 e. The lowest BCUT2D eigenvalue weighted by molar-refractivity contribution is -0.130. The second-order valence-electron chi connectivity index (χ2n) is 4.73. The van der Waals surface area contributed by atoms with E-state index in [2.05, 4.69) is 95.6 Å². The average molecular weight is 728 g/mol. The van der Waals surface area contributed by atoms with Crippen LogP contribution in [-0.2, 0) is 4.74 Å². The van der Waals surface area contributed by atoms with Gasteiger partial charge in [0.2, 0.25) is 0 Å². The molecule has 7 nitrogen and oxygen atoms in total. The Labute approximate surface area is 183 Å². The van der Waals surface area contributed by atoms with Crippen LogP contribution in [0.25, 0.3) is 0 Å². The Hall–Kier alpha value is 2.60. The Bertz CT molecular complexity index is 277. The van der Waals surface area contributed by atoms with Crippen LogP contribution < -0.4 is 0 Å². The molecule has 0 amide bonds. The number of rotatable bonds is 10. The lowest BCUT2D eigenvalue weighted by Gasteiger charge is -2.41. The molecule has 6 unspecified atom stereocenters. The number of hydrogen-bond donors (Lipinski definition) is 6. The molecule has 0 aliphatic rings. The Morgan fingerprint density at radius 1 is 0.522 bits per heavy atom. The van der Waals surface area contributed by atoms with Gasteiger partial charge in [0.25, 0.3) is 0 Å². The minimum absolute atomic E-state index is 0.404. The minimum atomic E-state index is -1.61. The molecule has 0 aromatic rings. The molecule has 0 rings (SSSR count). The van der Waals surface area contributed by atoms with E-state index in [1.165, 1.54) is 0 Å². The molecule has 0 aliphatic carbocycles. The molecule has 6 N–H and O–H groups in total. The molecule has 0 saturated carbocycles. The van der Waals surface area contributed by atoms with E-state index < -0.39 is 54.1 Å². The van der Waals surface area contributed by atoms with E-state index in [-0.39, 0.29) is 0 Å². The van der Waals surface area contributed by atoms with Crippen molar-refractivity contribution < 1.29 is 35.4 Å². The summed E-state index contributed by atoms with van der Waals surface area (Å²) in [4.78, 5) is 0. The van der Waals surface area contributed by atoms with Gasteiger partial charge in [0.1, 0.15) is 40.9 Å². The standard InChI is InChI=1S/C10H16Br6O7/c11-3(17)9(4(12)18,5(13)19)1-23-2-10(6(14)20,7(15)21)8(16)22/h3-8,17-22H,1-2H2. The van der Waals surface area contributed by atoms with Crippen LogP contribution in [0.5, 0.6) is 0 Å². The van der Waals surface area contributed by atoms with Gasteiger partial charge in [-0.15, -0.1) is 0 Å². The highest BCUT2D eigenvalue weighted by Crippen LogP contribution is 2.43. The second-order valence-corrected chi connectivity index (χ2v) is 9.94. The van der Waals surface area contributed by atoms with Crippen molar-refractivity contribution in [3.8, 4) is 0 Å². The van der Waals surface area contributed by atoms with Gasteiger partial charge in [-0.3, -0.25) is 0 Å². The zero-order valence-electron chi connectivity index (χ0n) is 11.2. The first-order valence-corrected chi connectivity index (χ1v) is 11.4. The normalized spacial score (nSPS) is 25.6. The van der Waals surface area contributed by atoms with Crippen LogP contribution in [0.2, 0.25) is 0 Å². The zero-order valence-corrected chi connectivity index (χ0v) is 20.8. The summed E-state index contributed by atoms with van der Waals surface area (Å²) in [6.45, 7) is -0.807. The number of alkyl halides is 6. The zero-order chi connectivity index (χ0) is 18.6. The van der Waals surface area contributed by atoms with Crippen LogP contribution in [0.1, 0.15) is 0 Å². The third kappa shape index (κ3) is 5.79. The molecule has 6 atom stereocenters. The van der Waals surface area contributed by atoms with Crippen molar-refractivity contribution in [2.75, 3.05) is 13.2 Å².